The molecular weight excluding hydrogens is 390 g/mol. The molecule has 0 saturated carbocycles. The van der Waals surface area contributed by atoms with E-state index < -0.39 is 0 Å². The maximum atomic E-state index is 12.6. The molecule has 7 heteroatoms. The molecule has 0 unspecified atom stereocenters. The van der Waals surface area contributed by atoms with Crippen molar-refractivity contribution in [3.63, 3.8) is 0 Å². The van der Waals surface area contributed by atoms with Gasteiger partial charge in [-0.2, -0.15) is 0 Å². The number of para-hydroxylation sites is 2. The predicted molar refractivity (Wildman–Crippen MR) is 113 cm³/mol. The lowest BCUT2D eigenvalue weighted by molar-refractivity contribution is 0.0746. The van der Waals surface area contributed by atoms with Gasteiger partial charge < -0.3 is 19.5 Å². The van der Waals surface area contributed by atoms with Crippen molar-refractivity contribution in [1.29, 1.82) is 0 Å². The van der Waals surface area contributed by atoms with E-state index in [2.05, 4.69) is 10.2 Å². The van der Waals surface area contributed by atoms with Crippen LogP contribution in [0.2, 0.25) is 5.22 Å². The van der Waals surface area contributed by atoms with Gasteiger partial charge in [0.1, 0.15) is 0 Å². The molecule has 0 bridgehead atoms. The van der Waals surface area contributed by atoms with E-state index in [1.807, 2.05) is 59.5 Å². The number of hydrogen-bond acceptors (Lipinski definition) is 4. The third-order valence-corrected chi connectivity index (χ3v) is 5.08. The number of nitrogens with zero attached hydrogens (tertiary/aromatic N) is 2. The zero-order valence-electron chi connectivity index (χ0n) is 15.7. The summed E-state index contributed by atoms with van der Waals surface area (Å²) in [5.41, 5.74) is 2.30. The van der Waals surface area contributed by atoms with E-state index in [9.17, 15) is 9.59 Å². The van der Waals surface area contributed by atoms with Crippen molar-refractivity contribution >= 4 is 34.8 Å². The van der Waals surface area contributed by atoms with Crippen LogP contribution in [0.25, 0.3) is 0 Å². The van der Waals surface area contributed by atoms with E-state index in [-0.39, 0.29) is 22.8 Å². The SMILES string of the molecule is O=C(Nc1ccccc1N1CCN(C(=O)c2ccccc2)CC1)c1ccc(Cl)o1. The highest BCUT2D eigenvalue weighted by Gasteiger charge is 2.24. The smallest absolute Gasteiger partial charge is 0.291 e. The van der Waals surface area contributed by atoms with Crippen molar-refractivity contribution in [2.45, 2.75) is 0 Å². The van der Waals surface area contributed by atoms with Crippen LogP contribution in [0.3, 0.4) is 0 Å². The van der Waals surface area contributed by atoms with Crippen molar-refractivity contribution in [2.75, 3.05) is 36.4 Å². The number of piperazine rings is 1. The minimum absolute atomic E-state index is 0.0431. The van der Waals surface area contributed by atoms with Crippen molar-refractivity contribution in [2.24, 2.45) is 0 Å². The van der Waals surface area contributed by atoms with Gasteiger partial charge in [0.15, 0.2) is 11.0 Å². The number of amides is 2. The molecule has 3 aromatic rings. The quantitative estimate of drug-likeness (QED) is 0.703. The molecule has 2 heterocycles. The van der Waals surface area contributed by atoms with E-state index in [0.29, 0.717) is 37.4 Å². The van der Waals surface area contributed by atoms with Gasteiger partial charge in [0.2, 0.25) is 0 Å². The molecule has 0 atom stereocenters. The molecule has 0 aliphatic carbocycles. The summed E-state index contributed by atoms with van der Waals surface area (Å²) in [7, 11) is 0. The van der Waals surface area contributed by atoms with Crippen molar-refractivity contribution in [1.82, 2.24) is 4.90 Å². The average molecular weight is 410 g/mol. The van der Waals surface area contributed by atoms with Gasteiger partial charge in [-0.05, 0) is 48.0 Å². The molecule has 1 fully saturated rings. The Bertz CT molecular complexity index is 1010. The number of benzene rings is 2. The minimum atomic E-state index is -0.359. The van der Waals surface area contributed by atoms with E-state index in [1.54, 1.807) is 0 Å². The lowest BCUT2D eigenvalue weighted by Gasteiger charge is -2.37. The molecule has 1 aliphatic heterocycles. The van der Waals surface area contributed by atoms with Crippen LogP contribution in [0.1, 0.15) is 20.9 Å². The van der Waals surface area contributed by atoms with Crippen molar-refractivity contribution < 1.29 is 14.0 Å². The Balaban J connectivity index is 1.44. The number of carbonyl (C=O) groups excluding carboxylic acids is 2. The van der Waals surface area contributed by atoms with Gasteiger partial charge >= 0.3 is 0 Å². The lowest BCUT2D eigenvalue weighted by atomic mass is 10.1. The molecule has 1 aliphatic rings. The normalized spacial score (nSPS) is 14.0. The molecular formula is C22H20ClN3O3. The maximum Gasteiger partial charge on any atom is 0.291 e. The van der Waals surface area contributed by atoms with Crippen LogP contribution >= 0.6 is 11.6 Å². The summed E-state index contributed by atoms with van der Waals surface area (Å²) in [6, 6.07) is 20.0. The molecule has 4 rings (SSSR count). The maximum absolute atomic E-state index is 12.6. The zero-order valence-corrected chi connectivity index (χ0v) is 16.4. The number of nitrogens with one attached hydrogen (secondary N) is 1. The van der Waals surface area contributed by atoms with E-state index in [4.69, 9.17) is 16.0 Å². The Hall–Kier alpha value is -3.25. The molecule has 2 amide bonds. The Morgan fingerprint density at radius 3 is 2.24 bits per heavy atom. The fourth-order valence-corrected chi connectivity index (χ4v) is 3.54. The molecule has 0 radical (unpaired) electrons. The Kier molecular flexibility index (Phi) is 5.53. The highest BCUT2D eigenvalue weighted by Crippen LogP contribution is 2.28. The largest absolute Gasteiger partial charge is 0.440 e. The van der Waals surface area contributed by atoms with Crippen LogP contribution in [0.15, 0.2) is 71.1 Å². The Morgan fingerprint density at radius 2 is 1.55 bits per heavy atom. The van der Waals surface area contributed by atoms with Crippen LogP contribution < -0.4 is 10.2 Å². The van der Waals surface area contributed by atoms with Crippen molar-refractivity contribution in [3.8, 4) is 0 Å². The fourth-order valence-electron chi connectivity index (χ4n) is 3.39. The second kappa shape index (κ2) is 8.41. The number of rotatable bonds is 4. The summed E-state index contributed by atoms with van der Waals surface area (Å²) in [6.07, 6.45) is 0. The highest BCUT2D eigenvalue weighted by atomic mass is 35.5. The first kappa shape index (κ1) is 19.1. The van der Waals surface area contributed by atoms with E-state index >= 15 is 0 Å². The molecule has 2 aromatic carbocycles. The summed E-state index contributed by atoms with van der Waals surface area (Å²) in [5.74, 6) is -0.160. The van der Waals surface area contributed by atoms with Gasteiger partial charge in [0.05, 0.1) is 11.4 Å². The lowest BCUT2D eigenvalue weighted by Crippen LogP contribution is -2.49. The summed E-state index contributed by atoms with van der Waals surface area (Å²) >= 11 is 5.76. The van der Waals surface area contributed by atoms with Crippen LogP contribution in [0, 0.1) is 0 Å². The molecule has 1 aromatic heterocycles. The first-order valence-corrected chi connectivity index (χ1v) is 9.74. The Morgan fingerprint density at radius 1 is 0.862 bits per heavy atom. The third kappa shape index (κ3) is 4.27. The van der Waals surface area contributed by atoms with Crippen LogP contribution in [0.4, 0.5) is 11.4 Å². The standard InChI is InChI=1S/C22H20ClN3O3/c23-20-11-10-19(29-20)21(27)24-17-8-4-5-9-18(17)25-12-14-26(15-13-25)22(28)16-6-2-1-3-7-16/h1-11H,12-15H2,(H,24,27). The van der Waals surface area contributed by atoms with Gasteiger partial charge in [0.25, 0.3) is 11.8 Å². The average Bonchev–Trinajstić information content (AvgIpc) is 3.21. The summed E-state index contributed by atoms with van der Waals surface area (Å²) in [5, 5.41) is 3.05. The fraction of sp³-hybridized carbons (Fsp3) is 0.182. The van der Waals surface area contributed by atoms with E-state index in [1.165, 1.54) is 12.1 Å². The third-order valence-electron chi connectivity index (χ3n) is 4.88. The first-order chi connectivity index (χ1) is 14.1. The number of furan rings is 1. The minimum Gasteiger partial charge on any atom is -0.440 e. The van der Waals surface area contributed by atoms with E-state index in [0.717, 1.165) is 5.69 Å². The number of hydrogen-bond donors (Lipinski definition) is 1. The number of halogens is 1. The highest BCUT2D eigenvalue weighted by molar-refractivity contribution is 6.29. The summed E-state index contributed by atoms with van der Waals surface area (Å²) in [6.45, 7) is 2.59. The van der Waals surface area contributed by atoms with Crippen molar-refractivity contribution in [3.05, 3.63) is 83.3 Å². The first-order valence-electron chi connectivity index (χ1n) is 9.37. The Labute approximate surface area is 173 Å². The monoisotopic (exact) mass is 409 g/mol. The predicted octanol–water partition coefficient (Wildman–Crippen LogP) is 4.15. The molecule has 1 saturated heterocycles. The second-order valence-corrected chi connectivity index (χ2v) is 7.09. The number of anilines is 2. The number of carbonyl (C=O) groups is 2. The van der Waals surface area contributed by atoms with Crippen LogP contribution in [-0.2, 0) is 0 Å². The van der Waals surface area contributed by atoms with Crippen LogP contribution in [0.5, 0.6) is 0 Å². The zero-order chi connectivity index (χ0) is 20.2. The topological polar surface area (TPSA) is 65.8 Å². The van der Waals surface area contributed by atoms with Gasteiger partial charge in [0, 0.05) is 31.7 Å². The van der Waals surface area contributed by atoms with Crippen LogP contribution in [-0.4, -0.2) is 42.9 Å². The molecule has 6 nitrogen and oxygen atoms in total. The van der Waals surface area contributed by atoms with Gasteiger partial charge in [-0.15, -0.1) is 0 Å². The summed E-state index contributed by atoms with van der Waals surface area (Å²) < 4.78 is 5.18. The van der Waals surface area contributed by atoms with Gasteiger partial charge in [-0.3, -0.25) is 9.59 Å². The second-order valence-electron chi connectivity index (χ2n) is 6.72. The van der Waals surface area contributed by atoms with Gasteiger partial charge in [-0.1, -0.05) is 30.3 Å². The summed E-state index contributed by atoms with van der Waals surface area (Å²) in [4.78, 5) is 29.1. The molecule has 148 valence electrons. The molecule has 0 spiro atoms. The molecule has 1 N–H and O–H groups in total. The molecule has 29 heavy (non-hydrogen) atoms. The van der Waals surface area contributed by atoms with Gasteiger partial charge in [-0.25, -0.2) is 0 Å².